The summed E-state index contributed by atoms with van der Waals surface area (Å²) >= 11 is 0. The van der Waals surface area contributed by atoms with E-state index in [1.54, 1.807) is 0 Å². The van der Waals surface area contributed by atoms with E-state index >= 15 is 0 Å². The Balaban J connectivity index is 0.00000220. The van der Waals surface area contributed by atoms with Crippen LogP contribution in [-0.2, 0) is 10.2 Å². The molecule has 116 valence electrons. The van der Waals surface area contributed by atoms with Crippen LogP contribution in [0.25, 0.3) is 0 Å². The van der Waals surface area contributed by atoms with Gasteiger partial charge in [-0.15, -0.1) is 0 Å². The maximum atomic E-state index is 10.5. The Hall–Kier alpha value is -1.35. The van der Waals surface area contributed by atoms with Crippen molar-refractivity contribution in [2.45, 2.75) is 51.9 Å². The number of carboxylic acid groups (broad SMARTS) is 1. The quantitative estimate of drug-likeness (QED) is 0.622. The SMILES string of the molecule is CC1=[N+](CCCCCC(=O)O)c2ccccc2C1(C)C.[Cl-]. The van der Waals surface area contributed by atoms with Gasteiger partial charge in [-0.25, -0.2) is 0 Å². The number of carbonyl (C=O) groups is 1. The molecular formula is C17H24ClNO2. The maximum Gasteiger partial charge on any atom is 0.303 e. The van der Waals surface area contributed by atoms with Crippen molar-refractivity contribution in [1.82, 2.24) is 0 Å². The Morgan fingerprint density at radius 2 is 1.86 bits per heavy atom. The van der Waals surface area contributed by atoms with E-state index in [9.17, 15) is 4.79 Å². The molecule has 0 spiro atoms. The predicted molar refractivity (Wildman–Crippen MR) is 81.0 cm³/mol. The van der Waals surface area contributed by atoms with Crippen molar-refractivity contribution in [3.05, 3.63) is 29.8 Å². The van der Waals surface area contributed by atoms with Crippen molar-refractivity contribution in [3.63, 3.8) is 0 Å². The van der Waals surface area contributed by atoms with E-state index in [0.717, 1.165) is 25.8 Å². The Kier molecular flexibility index (Phi) is 5.97. The molecule has 0 bridgehead atoms. The van der Waals surface area contributed by atoms with Crippen LogP contribution in [0.2, 0.25) is 0 Å². The first-order valence-electron chi connectivity index (χ1n) is 7.37. The van der Waals surface area contributed by atoms with E-state index in [1.165, 1.54) is 17.0 Å². The van der Waals surface area contributed by atoms with Crippen LogP contribution < -0.4 is 12.4 Å². The number of carboxylic acids is 1. The van der Waals surface area contributed by atoms with Crippen LogP contribution in [0.3, 0.4) is 0 Å². The molecule has 2 rings (SSSR count). The van der Waals surface area contributed by atoms with Gasteiger partial charge in [0.05, 0.1) is 5.41 Å². The predicted octanol–water partition coefficient (Wildman–Crippen LogP) is 0.732. The fourth-order valence-electron chi connectivity index (χ4n) is 2.96. The number of halogens is 1. The number of unbranched alkanes of at least 4 members (excludes halogenated alkanes) is 2. The maximum absolute atomic E-state index is 10.5. The highest BCUT2D eigenvalue weighted by molar-refractivity contribution is 5.93. The van der Waals surface area contributed by atoms with Crippen LogP contribution in [0.15, 0.2) is 24.3 Å². The minimum absolute atomic E-state index is 0. The molecule has 1 N–H and O–H groups in total. The Morgan fingerprint density at radius 1 is 1.19 bits per heavy atom. The average molecular weight is 310 g/mol. The zero-order valence-electron chi connectivity index (χ0n) is 13.0. The highest BCUT2D eigenvalue weighted by Gasteiger charge is 2.42. The lowest BCUT2D eigenvalue weighted by atomic mass is 9.82. The Bertz CT molecular complexity index is 549. The topological polar surface area (TPSA) is 40.3 Å². The molecule has 0 fully saturated rings. The zero-order chi connectivity index (χ0) is 14.8. The second kappa shape index (κ2) is 7.08. The molecule has 21 heavy (non-hydrogen) atoms. The summed E-state index contributed by atoms with van der Waals surface area (Å²) in [6.07, 6.45) is 3.06. The molecule has 0 aromatic heterocycles. The minimum Gasteiger partial charge on any atom is -1.00 e. The molecule has 1 aromatic rings. The first-order valence-corrected chi connectivity index (χ1v) is 7.37. The van der Waals surface area contributed by atoms with E-state index in [0.29, 0.717) is 0 Å². The average Bonchev–Trinajstić information content (AvgIpc) is 2.59. The van der Waals surface area contributed by atoms with Gasteiger partial charge >= 0.3 is 5.97 Å². The van der Waals surface area contributed by atoms with Gasteiger partial charge in [0.2, 0.25) is 5.69 Å². The summed E-state index contributed by atoms with van der Waals surface area (Å²) in [5.74, 6) is -0.694. The van der Waals surface area contributed by atoms with Gasteiger partial charge in [0.15, 0.2) is 5.71 Å². The van der Waals surface area contributed by atoms with Gasteiger partial charge in [0.25, 0.3) is 0 Å². The molecular weight excluding hydrogens is 286 g/mol. The van der Waals surface area contributed by atoms with Crippen molar-refractivity contribution in [2.24, 2.45) is 0 Å². The van der Waals surface area contributed by atoms with Gasteiger partial charge in [0, 0.05) is 31.4 Å². The van der Waals surface area contributed by atoms with Crippen LogP contribution >= 0.6 is 0 Å². The first kappa shape index (κ1) is 17.7. The van der Waals surface area contributed by atoms with Crippen LogP contribution in [0.4, 0.5) is 5.69 Å². The number of nitrogens with zero attached hydrogens (tertiary/aromatic N) is 1. The number of para-hydroxylation sites is 1. The molecule has 1 aliphatic heterocycles. The van der Waals surface area contributed by atoms with Crippen LogP contribution in [0.5, 0.6) is 0 Å². The molecule has 0 aliphatic carbocycles. The summed E-state index contributed by atoms with van der Waals surface area (Å²) in [6, 6.07) is 8.59. The highest BCUT2D eigenvalue weighted by atomic mass is 35.5. The molecule has 0 saturated heterocycles. The van der Waals surface area contributed by atoms with Crippen molar-refractivity contribution in [1.29, 1.82) is 0 Å². The molecule has 0 unspecified atom stereocenters. The van der Waals surface area contributed by atoms with Crippen molar-refractivity contribution >= 4 is 17.4 Å². The molecule has 3 nitrogen and oxygen atoms in total. The van der Waals surface area contributed by atoms with Crippen LogP contribution in [-0.4, -0.2) is 27.9 Å². The van der Waals surface area contributed by atoms with Crippen LogP contribution in [0.1, 0.15) is 52.0 Å². The summed E-state index contributed by atoms with van der Waals surface area (Å²) in [4.78, 5) is 10.5. The van der Waals surface area contributed by atoms with Crippen molar-refractivity contribution in [2.75, 3.05) is 6.54 Å². The van der Waals surface area contributed by atoms with Crippen molar-refractivity contribution in [3.8, 4) is 0 Å². The number of fused-ring (bicyclic) bond motifs is 1. The van der Waals surface area contributed by atoms with Crippen LogP contribution in [0, 0.1) is 0 Å². The Labute approximate surface area is 133 Å². The van der Waals surface area contributed by atoms with Gasteiger partial charge in [-0.05, 0) is 26.7 Å². The number of rotatable bonds is 6. The summed E-state index contributed by atoms with van der Waals surface area (Å²) in [5, 5.41) is 8.65. The molecule has 1 aliphatic rings. The third kappa shape index (κ3) is 3.65. The van der Waals surface area contributed by atoms with Gasteiger partial charge in [0.1, 0.15) is 6.54 Å². The van der Waals surface area contributed by atoms with Crippen molar-refractivity contribution < 1.29 is 26.9 Å². The highest BCUT2D eigenvalue weighted by Crippen LogP contribution is 2.39. The fraction of sp³-hybridized carbons (Fsp3) is 0.529. The second-order valence-electron chi connectivity index (χ2n) is 6.08. The second-order valence-corrected chi connectivity index (χ2v) is 6.08. The summed E-state index contributed by atoms with van der Waals surface area (Å²) in [5.41, 5.74) is 4.19. The summed E-state index contributed by atoms with van der Waals surface area (Å²) in [7, 11) is 0. The lowest BCUT2D eigenvalue weighted by Crippen LogP contribution is -3.00. The van der Waals surface area contributed by atoms with E-state index in [4.69, 9.17) is 5.11 Å². The zero-order valence-corrected chi connectivity index (χ0v) is 13.8. The summed E-state index contributed by atoms with van der Waals surface area (Å²) < 4.78 is 2.40. The number of benzene rings is 1. The van der Waals surface area contributed by atoms with E-state index in [1.807, 2.05) is 0 Å². The Morgan fingerprint density at radius 3 is 2.52 bits per heavy atom. The molecule has 0 amide bonds. The molecule has 0 radical (unpaired) electrons. The first-order chi connectivity index (χ1) is 9.44. The van der Waals surface area contributed by atoms with Gasteiger partial charge in [-0.3, -0.25) is 4.79 Å². The molecule has 0 saturated carbocycles. The molecule has 1 heterocycles. The lowest BCUT2D eigenvalue weighted by Gasteiger charge is -2.14. The minimum atomic E-state index is -0.694. The van der Waals surface area contributed by atoms with E-state index < -0.39 is 5.97 Å². The summed E-state index contributed by atoms with van der Waals surface area (Å²) in [6.45, 7) is 7.72. The van der Waals surface area contributed by atoms with E-state index in [2.05, 4.69) is 49.6 Å². The standard InChI is InChI=1S/C17H23NO2.ClH/c1-13-17(2,3)14-9-6-7-10-15(14)18(13)12-8-4-5-11-16(19)20;/h6-7,9-10H,4-5,8,11-12H2,1-3H3;1H. The van der Waals surface area contributed by atoms with Gasteiger partial charge < -0.3 is 17.5 Å². The largest absolute Gasteiger partial charge is 1.00 e. The molecule has 4 heteroatoms. The molecule has 0 atom stereocenters. The fourth-order valence-corrected chi connectivity index (χ4v) is 2.96. The number of hydrogen-bond donors (Lipinski definition) is 1. The monoisotopic (exact) mass is 309 g/mol. The van der Waals surface area contributed by atoms with E-state index in [-0.39, 0.29) is 24.2 Å². The number of aliphatic carboxylic acids is 1. The van der Waals surface area contributed by atoms with Gasteiger partial charge in [-0.1, -0.05) is 18.2 Å². The normalized spacial score (nSPS) is 15.6. The third-order valence-corrected chi connectivity index (χ3v) is 4.45. The third-order valence-electron chi connectivity index (χ3n) is 4.45. The smallest absolute Gasteiger partial charge is 0.303 e. The lowest BCUT2D eigenvalue weighted by molar-refractivity contribution is -0.439. The molecule has 1 aromatic carbocycles. The number of hydrogen-bond acceptors (Lipinski definition) is 1. The van der Waals surface area contributed by atoms with Gasteiger partial charge in [-0.2, -0.15) is 4.58 Å².